The highest BCUT2D eigenvalue weighted by atomic mass is 16.5. The molecule has 0 radical (unpaired) electrons. The van der Waals surface area contributed by atoms with E-state index in [-0.39, 0.29) is 29.7 Å². The minimum absolute atomic E-state index is 0.0110. The molecule has 1 spiro atoms. The minimum Gasteiger partial charge on any atom is -0.381 e. The standard InChI is InChI=1S/C30H42N4O4/c35-27(34-15-6-7-16-34)22-33-17-11-25-24(21-33)10-4-5-12-30(13-18-38-19-14-30)29(37)32-26(28(36)31-25)20-23-8-2-1-3-9-23/h1-5,8-9,24-26H,6-7,10-22H2,(H,31,36)(H,32,37)/b5-4+/t24-,25+,26-/m0/s1. The fraction of sp³-hybridized carbons (Fsp3) is 0.633. The van der Waals surface area contributed by atoms with Crippen LogP contribution in [0.25, 0.3) is 0 Å². The molecular formula is C30H42N4O4. The monoisotopic (exact) mass is 522 g/mol. The van der Waals surface area contributed by atoms with E-state index in [1.165, 1.54) is 0 Å². The zero-order valence-corrected chi connectivity index (χ0v) is 22.4. The summed E-state index contributed by atoms with van der Waals surface area (Å²) in [6.45, 7) is 4.88. The Kier molecular flexibility index (Phi) is 8.79. The first kappa shape index (κ1) is 26.9. The predicted octanol–water partition coefficient (Wildman–Crippen LogP) is 2.29. The molecule has 4 heterocycles. The summed E-state index contributed by atoms with van der Waals surface area (Å²) in [7, 11) is 0. The van der Waals surface area contributed by atoms with E-state index in [2.05, 4.69) is 27.7 Å². The number of amides is 3. The molecule has 8 heteroatoms. The molecule has 4 aliphatic rings. The van der Waals surface area contributed by atoms with Crippen LogP contribution in [-0.4, -0.2) is 85.5 Å². The van der Waals surface area contributed by atoms with E-state index in [4.69, 9.17) is 4.74 Å². The molecule has 2 N–H and O–H groups in total. The highest BCUT2D eigenvalue weighted by Gasteiger charge is 2.41. The molecule has 38 heavy (non-hydrogen) atoms. The smallest absolute Gasteiger partial charge is 0.243 e. The Bertz CT molecular complexity index is 1000. The number of allylic oxidation sites excluding steroid dienone is 2. The van der Waals surface area contributed by atoms with Gasteiger partial charge in [0.1, 0.15) is 6.04 Å². The normalized spacial score (nSPS) is 29.5. The summed E-state index contributed by atoms with van der Waals surface area (Å²) in [4.78, 5) is 44.4. The number of rotatable bonds is 4. The summed E-state index contributed by atoms with van der Waals surface area (Å²) < 4.78 is 5.59. The van der Waals surface area contributed by atoms with Crippen LogP contribution in [0, 0.1) is 11.3 Å². The third-order valence-corrected chi connectivity index (χ3v) is 8.91. The second-order valence-corrected chi connectivity index (χ2v) is 11.5. The lowest BCUT2D eigenvalue weighted by Crippen LogP contribution is -2.58. The van der Waals surface area contributed by atoms with Gasteiger partial charge in [-0.15, -0.1) is 0 Å². The fourth-order valence-corrected chi connectivity index (χ4v) is 6.46. The number of nitrogens with zero attached hydrogens (tertiary/aromatic N) is 2. The van der Waals surface area contributed by atoms with Gasteiger partial charge >= 0.3 is 0 Å². The van der Waals surface area contributed by atoms with Gasteiger partial charge in [-0.2, -0.15) is 0 Å². The summed E-state index contributed by atoms with van der Waals surface area (Å²) in [5.41, 5.74) is 0.469. The third kappa shape index (κ3) is 6.46. The molecule has 3 saturated heterocycles. The molecule has 206 valence electrons. The number of ether oxygens (including phenoxy) is 1. The average molecular weight is 523 g/mol. The molecule has 0 aliphatic carbocycles. The van der Waals surface area contributed by atoms with E-state index in [0.717, 1.165) is 57.4 Å². The molecule has 1 aromatic rings. The van der Waals surface area contributed by atoms with Crippen LogP contribution < -0.4 is 10.6 Å². The van der Waals surface area contributed by atoms with Crippen molar-refractivity contribution in [2.75, 3.05) is 45.9 Å². The van der Waals surface area contributed by atoms with Gasteiger partial charge in [-0.05, 0) is 56.4 Å². The first-order valence-electron chi connectivity index (χ1n) is 14.4. The van der Waals surface area contributed by atoms with Crippen molar-refractivity contribution in [2.24, 2.45) is 11.3 Å². The molecule has 4 aliphatic heterocycles. The number of hydrogen-bond acceptors (Lipinski definition) is 5. The first-order chi connectivity index (χ1) is 18.5. The lowest BCUT2D eigenvalue weighted by atomic mass is 9.75. The van der Waals surface area contributed by atoms with Crippen molar-refractivity contribution in [3.63, 3.8) is 0 Å². The van der Waals surface area contributed by atoms with Crippen molar-refractivity contribution in [1.29, 1.82) is 0 Å². The summed E-state index contributed by atoms with van der Waals surface area (Å²) in [5.74, 6) is 0.272. The Morgan fingerprint density at radius 3 is 2.53 bits per heavy atom. The molecule has 0 saturated carbocycles. The van der Waals surface area contributed by atoms with Crippen LogP contribution in [0.3, 0.4) is 0 Å². The lowest BCUT2D eigenvalue weighted by molar-refractivity contribution is -0.140. The van der Waals surface area contributed by atoms with Gasteiger partial charge in [0.05, 0.1) is 12.0 Å². The number of benzene rings is 1. The Morgan fingerprint density at radius 1 is 1.00 bits per heavy atom. The van der Waals surface area contributed by atoms with E-state index in [1.54, 1.807) is 0 Å². The summed E-state index contributed by atoms with van der Waals surface area (Å²) in [5, 5.41) is 6.47. The Morgan fingerprint density at radius 2 is 1.76 bits per heavy atom. The first-order valence-corrected chi connectivity index (χ1v) is 14.4. The van der Waals surface area contributed by atoms with Gasteiger partial charge in [-0.1, -0.05) is 42.5 Å². The van der Waals surface area contributed by atoms with Crippen molar-refractivity contribution < 1.29 is 19.1 Å². The van der Waals surface area contributed by atoms with E-state index < -0.39 is 11.5 Å². The Hall–Kier alpha value is -2.71. The number of fused-ring (bicyclic) bond motifs is 1. The summed E-state index contributed by atoms with van der Waals surface area (Å²) >= 11 is 0. The van der Waals surface area contributed by atoms with Gasteiger partial charge in [-0.25, -0.2) is 0 Å². The molecule has 8 nitrogen and oxygen atoms in total. The molecule has 3 atom stereocenters. The van der Waals surface area contributed by atoms with Gasteiger partial charge in [-0.3, -0.25) is 19.3 Å². The number of likely N-dealkylation sites (tertiary alicyclic amines) is 2. The average Bonchev–Trinajstić information content (AvgIpc) is 3.48. The van der Waals surface area contributed by atoms with Gasteiger partial charge in [0.15, 0.2) is 0 Å². The van der Waals surface area contributed by atoms with Crippen LogP contribution in [0.4, 0.5) is 0 Å². The topological polar surface area (TPSA) is 91.0 Å². The molecule has 3 fully saturated rings. The zero-order chi connectivity index (χ0) is 26.4. The van der Waals surface area contributed by atoms with Gasteiger partial charge in [0.2, 0.25) is 17.7 Å². The van der Waals surface area contributed by atoms with Crippen molar-refractivity contribution >= 4 is 17.7 Å². The quantitative estimate of drug-likeness (QED) is 0.593. The van der Waals surface area contributed by atoms with E-state index in [9.17, 15) is 14.4 Å². The van der Waals surface area contributed by atoms with E-state index in [0.29, 0.717) is 45.4 Å². The highest BCUT2D eigenvalue weighted by Crippen LogP contribution is 2.36. The van der Waals surface area contributed by atoms with Crippen LogP contribution in [0.2, 0.25) is 0 Å². The maximum atomic E-state index is 13.7. The van der Waals surface area contributed by atoms with Gasteiger partial charge < -0.3 is 20.3 Å². The maximum Gasteiger partial charge on any atom is 0.243 e. The molecule has 0 aromatic heterocycles. The Labute approximate surface area is 226 Å². The van der Waals surface area contributed by atoms with E-state index >= 15 is 0 Å². The number of carbonyl (C=O) groups is 3. The number of carbonyl (C=O) groups excluding carboxylic acids is 3. The highest BCUT2D eigenvalue weighted by molar-refractivity contribution is 5.90. The van der Waals surface area contributed by atoms with Crippen LogP contribution in [0.5, 0.6) is 0 Å². The minimum atomic E-state index is -0.636. The SMILES string of the molecule is O=C1N[C@@H]2CCN(CC(=O)N3CCCC3)C[C@@H]2C/C=C/CC2(CCOCC2)C(=O)N[C@H]1Cc1ccccc1. The van der Waals surface area contributed by atoms with Crippen LogP contribution in [0.1, 0.15) is 50.5 Å². The third-order valence-electron chi connectivity index (χ3n) is 8.91. The molecule has 0 bridgehead atoms. The van der Waals surface area contributed by atoms with E-state index in [1.807, 2.05) is 35.2 Å². The van der Waals surface area contributed by atoms with Crippen LogP contribution in [0.15, 0.2) is 42.5 Å². The zero-order valence-electron chi connectivity index (χ0n) is 22.4. The summed E-state index contributed by atoms with van der Waals surface area (Å²) in [6, 6.07) is 9.26. The molecule has 1 aromatic carbocycles. The predicted molar refractivity (Wildman–Crippen MR) is 145 cm³/mol. The van der Waals surface area contributed by atoms with Crippen LogP contribution >= 0.6 is 0 Å². The van der Waals surface area contributed by atoms with Crippen molar-refractivity contribution in [1.82, 2.24) is 20.4 Å². The number of nitrogens with one attached hydrogen (secondary N) is 2. The molecule has 3 amide bonds. The molecule has 5 rings (SSSR count). The van der Waals surface area contributed by atoms with Crippen LogP contribution in [-0.2, 0) is 25.5 Å². The van der Waals surface area contributed by atoms with Crippen molar-refractivity contribution in [2.45, 2.75) is 63.5 Å². The molecule has 0 unspecified atom stereocenters. The number of hydrogen-bond donors (Lipinski definition) is 2. The second-order valence-electron chi connectivity index (χ2n) is 11.5. The maximum absolute atomic E-state index is 13.7. The second kappa shape index (κ2) is 12.4. The largest absolute Gasteiger partial charge is 0.381 e. The van der Waals surface area contributed by atoms with Gasteiger partial charge in [0.25, 0.3) is 0 Å². The lowest BCUT2D eigenvalue weighted by Gasteiger charge is -2.40. The number of piperidine rings is 1. The summed E-state index contributed by atoms with van der Waals surface area (Å²) in [6.07, 6.45) is 10.6. The van der Waals surface area contributed by atoms with Crippen molar-refractivity contribution in [3.8, 4) is 0 Å². The van der Waals surface area contributed by atoms with Gasteiger partial charge in [0, 0.05) is 51.9 Å². The fourth-order valence-electron chi connectivity index (χ4n) is 6.46. The Balaban J connectivity index is 1.34. The van der Waals surface area contributed by atoms with Crippen molar-refractivity contribution in [3.05, 3.63) is 48.0 Å². The molecular weight excluding hydrogens is 480 g/mol.